The molecule has 1 saturated heterocycles. The van der Waals surface area contributed by atoms with Crippen molar-refractivity contribution in [1.82, 2.24) is 10.2 Å². The lowest BCUT2D eigenvalue weighted by molar-refractivity contribution is 0.157. The van der Waals surface area contributed by atoms with Gasteiger partial charge in [-0.05, 0) is 36.7 Å². The maximum atomic E-state index is 12.1. The molecule has 0 bridgehead atoms. The minimum absolute atomic E-state index is 0.0131. The molecule has 2 aliphatic rings. The van der Waals surface area contributed by atoms with E-state index in [2.05, 4.69) is 29.6 Å². The number of likely N-dealkylation sites (tertiary alicyclic amines) is 1. The van der Waals surface area contributed by atoms with Crippen LogP contribution in [-0.4, -0.2) is 41.8 Å². The van der Waals surface area contributed by atoms with E-state index in [4.69, 9.17) is 0 Å². The average Bonchev–Trinajstić information content (AvgIpc) is 3.11. The Morgan fingerprint density at radius 3 is 2.90 bits per heavy atom. The molecule has 1 aliphatic heterocycles. The molecule has 0 radical (unpaired) electrons. The highest BCUT2D eigenvalue weighted by molar-refractivity contribution is 5.74. The van der Waals surface area contributed by atoms with E-state index in [1.54, 1.807) is 4.90 Å². The lowest BCUT2D eigenvalue weighted by Crippen LogP contribution is -2.44. The Kier molecular flexibility index (Phi) is 3.92. The van der Waals surface area contributed by atoms with Crippen LogP contribution in [0.15, 0.2) is 30.3 Å². The van der Waals surface area contributed by atoms with Gasteiger partial charge >= 0.3 is 6.03 Å². The lowest BCUT2D eigenvalue weighted by Gasteiger charge is -2.23. The van der Waals surface area contributed by atoms with Gasteiger partial charge in [0.1, 0.15) is 0 Å². The second kappa shape index (κ2) is 5.83. The quantitative estimate of drug-likeness (QED) is 0.882. The summed E-state index contributed by atoms with van der Waals surface area (Å²) in [5, 5.41) is 12.3. The standard InChI is InChI=1S/C16H22N2O2/c19-11-14-7-4-8-18(14)16(20)17-10-13-9-15(13)12-5-2-1-3-6-12/h1-3,5-6,13-15,19H,4,7-11H2,(H,17,20). The van der Waals surface area contributed by atoms with E-state index in [1.807, 2.05) is 6.07 Å². The van der Waals surface area contributed by atoms with Crippen LogP contribution in [0.25, 0.3) is 0 Å². The molecular weight excluding hydrogens is 252 g/mol. The summed E-state index contributed by atoms with van der Waals surface area (Å²) >= 11 is 0. The monoisotopic (exact) mass is 274 g/mol. The molecule has 1 aromatic carbocycles. The number of aliphatic hydroxyl groups is 1. The van der Waals surface area contributed by atoms with Crippen molar-refractivity contribution in [2.75, 3.05) is 19.7 Å². The van der Waals surface area contributed by atoms with Gasteiger partial charge in [0, 0.05) is 13.1 Å². The summed E-state index contributed by atoms with van der Waals surface area (Å²) in [5.41, 5.74) is 1.38. The van der Waals surface area contributed by atoms with Crippen molar-refractivity contribution >= 4 is 6.03 Å². The van der Waals surface area contributed by atoms with Crippen molar-refractivity contribution in [3.05, 3.63) is 35.9 Å². The van der Waals surface area contributed by atoms with Gasteiger partial charge < -0.3 is 15.3 Å². The Balaban J connectivity index is 1.46. The Labute approximate surface area is 119 Å². The van der Waals surface area contributed by atoms with Crippen LogP contribution >= 0.6 is 0 Å². The molecule has 108 valence electrons. The molecule has 1 aliphatic carbocycles. The molecule has 0 spiro atoms. The minimum atomic E-state index is -0.0136. The average molecular weight is 274 g/mol. The van der Waals surface area contributed by atoms with Crippen molar-refractivity contribution in [3.8, 4) is 0 Å². The first-order chi connectivity index (χ1) is 9.79. The van der Waals surface area contributed by atoms with Crippen molar-refractivity contribution < 1.29 is 9.90 Å². The first kappa shape index (κ1) is 13.4. The molecule has 4 heteroatoms. The fourth-order valence-electron chi connectivity index (χ4n) is 3.19. The summed E-state index contributed by atoms with van der Waals surface area (Å²) < 4.78 is 0. The van der Waals surface area contributed by atoms with Gasteiger partial charge in [0.2, 0.25) is 0 Å². The highest BCUT2D eigenvalue weighted by atomic mass is 16.3. The van der Waals surface area contributed by atoms with Gasteiger partial charge in [-0.15, -0.1) is 0 Å². The number of urea groups is 1. The zero-order valence-corrected chi connectivity index (χ0v) is 11.7. The van der Waals surface area contributed by atoms with Crippen LogP contribution < -0.4 is 5.32 Å². The summed E-state index contributed by atoms with van der Waals surface area (Å²) in [6.45, 7) is 1.58. The van der Waals surface area contributed by atoms with Crippen LogP contribution in [0.4, 0.5) is 4.79 Å². The number of carbonyl (C=O) groups is 1. The predicted molar refractivity (Wildman–Crippen MR) is 77.5 cm³/mol. The number of rotatable bonds is 4. The molecule has 3 unspecified atom stereocenters. The van der Waals surface area contributed by atoms with Gasteiger partial charge in [0.15, 0.2) is 0 Å². The number of carbonyl (C=O) groups excluding carboxylic acids is 1. The smallest absolute Gasteiger partial charge is 0.317 e. The topological polar surface area (TPSA) is 52.6 Å². The Bertz CT molecular complexity index is 463. The molecule has 1 heterocycles. The van der Waals surface area contributed by atoms with Gasteiger partial charge in [0.25, 0.3) is 0 Å². The van der Waals surface area contributed by atoms with E-state index in [1.165, 1.54) is 5.56 Å². The number of nitrogens with zero attached hydrogens (tertiary/aromatic N) is 1. The van der Waals surface area contributed by atoms with E-state index in [-0.39, 0.29) is 18.7 Å². The summed E-state index contributed by atoms with van der Waals surface area (Å²) in [5.74, 6) is 1.17. The molecular formula is C16H22N2O2. The molecule has 3 rings (SSSR count). The molecule has 0 aromatic heterocycles. The van der Waals surface area contributed by atoms with Crippen molar-refractivity contribution in [1.29, 1.82) is 0 Å². The first-order valence-corrected chi connectivity index (χ1v) is 7.50. The second-order valence-corrected chi connectivity index (χ2v) is 5.87. The highest BCUT2D eigenvalue weighted by Gasteiger charge is 2.38. The molecule has 1 saturated carbocycles. The number of aliphatic hydroxyl groups excluding tert-OH is 1. The summed E-state index contributed by atoms with van der Waals surface area (Å²) in [4.78, 5) is 13.9. The number of hydrogen-bond donors (Lipinski definition) is 2. The van der Waals surface area contributed by atoms with Crippen LogP contribution in [0.3, 0.4) is 0 Å². The maximum Gasteiger partial charge on any atom is 0.317 e. The molecule has 20 heavy (non-hydrogen) atoms. The maximum absolute atomic E-state index is 12.1. The molecule has 2 fully saturated rings. The van der Waals surface area contributed by atoms with Crippen LogP contribution in [0.1, 0.15) is 30.7 Å². The van der Waals surface area contributed by atoms with Crippen molar-refractivity contribution in [2.45, 2.75) is 31.2 Å². The molecule has 2 N–H and O–H groups in total. The molecule has 3 atom stereocenters. The predicted octanol–water partition coefficient (Wildman–Crippen LogP) is 1.96. The fraction of sp³-hybridized carbons (Fsp3) is 0.562. The van der Waals surface area contributed by atoms with Crippen LogP contribution in [-0.2, 0) is 0 Å². The highest BCUT2D eigenvalue weighted by Crippen LogP contribution is 2.46. The number of benzene rings is 1. The molecule has 1 aromatic rings. The zero-order valence-electron chi connectivity index (χ0n) is 11.7. The Hall–Kier alpha value is -1.55. The fourth-order valence-corrected chi connectivity index (χ4v) is 3.19. The van der Waals surface area contributed by atoms with E-state index < -0.39 is 0 Å². The van der Waals surface area contributed by atoms with Gasteiger partial charge in [-0.2, -0.15) is 0 Å². The first-order valence-electron chi connectivity index (χ1n) is 7.50. The van der Waals surface area contributed by atoms with Crippen molar-refractivity contribution in [3.63, 3.8) is 0 Å². The zero-order chi connectivity index (χ0) is 13.9. The minimum Gasteiger partial charge on any atom is -0.394 e. The summed E-state index contributed by atoms with van der Waals surface area (Å²) in [7, 11) is 0. The third-order valence-electron chi connectivity index (χ3n) is 4.51. The van der Waals surface area contributed by atoms with E-state index in [9.17, 15) is 9.90 Å². The van der Waals surface area contributed by atoms with E-state index in [0.29, 0.717) is 11.8 Å². The number of amides is 2. The van der Waals surface area contributed by atoms with Crippen LogP contribution in [0.2, 0.25) is 0 Å². The Morgan fingerprint density at radius 2 is 2.15 bits per heavy atom. The van der Waals surface area contributed by atoms with Crippen LogP contribution in [0, 0.1) is 5.92 Å². The van der Waals surface area contributed by atoms with Gasteiger partial charge in [-0.3, -0.25) is 0 Å². The van der Waals surface area contributed by atoms with Gasteiger partial charge in [-0.1, -0.05) is 30.3 Å². The number of hydrogen-bond acceptors (Lipinski definition) is 2. The largest absolute Gasteiger partial charge is 0.394 e. The molecule has 4 nitrogen and oxygen atoms in total. The van der Waals surface area contributed by atoms with Crippen molar-refractivity contribution in [2.24, 2.45) is 5.92 Å². The molecule has 2 amide bonds. The van der Waals surface area contributed by atoms with Gasteiger partial charge in [-0.25, -0.2) is 4.79 Å². The van der Waals surface area contributed by atoms with Gasteiger partial charge in [0.05, 0.1) is 12.6 Å². The number of nitrogens with one attached hydrogen (secondary N) is 1. The van der Waals surface area contributed by atoms with Crippen LogP contribution in [0.5, 0.6) is 0 Å². The normalized spacial score (nSPS) is 28.4. The summed E-state index contributed by atoms with van der Waals surface area (Å²) in [6, 6.07) is 10.5. The Morgan fingerprint density at radius 1 is 1.35 bits per heavy atom. The lowest BCUT2D eigenvalue weighted by atomic mass is 10.1. The summed E-state index contributed by atoms with van der Waals surface area (Å²) in [6.07, 6.45) is 3.07. The third kappa shape index (κ3) is 2.80. The second-order valence-electron chi connectivity index (χ2n) is 5.87. The third-order valence-corrected chi connectivity index (χ3v) is 4.51. The SMILES string of the molecule is O=C(NCC1CC1c1ccccc1)N1CCCC1CO. The van der Waals surface area contributed by atoms with E-state index >= 15 is 0 Å². The van der Waals surface area contributed by atoms with E-state index in [0.717, 1.165) is 32.4 Å².